The molecule has 138 valence electrons. The zero-order valence-corrected chi connectivity index (χ0v) is 17.0. The maximum absolute atomic E-state index is 11.1. The standard InChI is InChI=1S/C20H16Cl2N2O2S/c1-11-3-5-12(6-4-11)16-9-14(20(27)24(2)10-17(25)26)13-7-8-15(21)18(22)19(13)23-16/h3-9H,10H2,1-2H3,(H,25,26). The molecule has 0 aliphatic heterocycles. The van der Waals surface area contributed by atoms with Gasteiger partial charge in [-0.05, 0) is 19.1 Å². The van der Waals surface area contributed by atoms with Gasteiger partial charge < -0.3 is 10.0 Å². The molecule has 27 heavy (non-hydrogen) atoms. The lowest BCUT2D eigenvalue weighted by atomic mass is 10.0. The number of halogens is 2. The van der Waals surface area contributed by atoms with Gasteiger partial charge in [0.25, 0.3) is 0 Å². The van der Waals surface area contributed by atoms with E-state index in [1.54, 1.807) is 19.2 Å². The van der Waals surface area contributed by atoms with Crippen molar-refractivity contribution in [1.29, 1.82) is 0 Å². The molecule has 0 saturated carbocycles. The first-order valence-electron chi connectivity index (χ1n) is 8.11. The maximum atomic E-state index is 11.1. The normalized spacial score (nSPS) is 10.8. The molecule has 1 heterocycles. The molecular formula is C20H16Cl2N2O2S. The predicted octanol–water partition coefficient (Wildman–Crippen LogP) is 5.21. The Hall–Kier alpha value is -2.21. The highest BCUT2D eigenvalue weighted by Gasteiger charge is 2.18. The number of carbonyl (C=O) groups is 1. The van der Waals surface area contributed by atoms with Crippen LogP contribution in [0.4, 0.5) is 0 Å². The number of likely N-dealkylation sites (N-methyl/N-ethyl adjacent to an activating group) is 1. The number of hydrogen-bond donors (Lipinski definition) is 1. The average molecular weight is 419 g/mol. The van der Waals surface area contributed by atoms with Gasteiger partial charge in [0.1, 0.15) is 11.5 Å². The summed E-state index contributed by atoms with van der Waals surface area (Å²) in [5.41, 5.74) is 3.95. The van der Waals surface area contributed by atoms with Crippen LogP contribution in [-0.2, 0) is 4.79 Å². The lowest BCUT2D eigenvalue weighted by Crippen LogP contribution is -2.31. The lowest BCUT2D eigenvalue weighted by Gasteiger charge is -2.20. The summed E-state index contributed by atoms with van der Waals surface area (Å²) in [6.45, 7) is 1.81. The summed E-state index contributed by atoms with van der Waals surface area (Å²) in [5, 5.41) is 10.5. The van der Waals surface area contributed by atoms with Crippen LogP contribution in [0.15, 0.2) is 42.5 Å². The quantitative estimate of drug-likeness (QED) is 0.589. The number of rotatable bonds is 4. The van der Waals surface area contributed by atoms with E-state index in [2.05, 4.69) is 4.98 Å². The van der Waals surface area contributed by atoms with E-state index in [1.807, 2.05) is 37.3 Å². The molecule has 0 fully saturated rings. The molecule has 0 aliphatic carbocycles. The molecule has 0 bridgehead atoms. The Bertz CT molecular complexity index is 1050. The number of hydrogen-bond acceptors (Lipinski definition) is 3. The van der Waals surface area contributed by atoms with E-state index >= 15 is 0 Å². The van der Waals surface area contributed by atoms with Gasteiger partial charge in [-0.25, -0.2) is 4.98 Å². The minimum absolute atomic E-state index is 0.205. The van der Waals surface area contributed by atoms with Crippen molar-refractivity contribution in [3.05, 3.63) is 63.6 Å². The summed E-state index contributed by atoms with van der Waals surface area (Å²) in [4.78, 5) is 17.7. The van der Waals surface area contributed by atoms with Crippen LogP contribution in [0.3, 0.4) is 0 Å². The molecule has 7 heteroatoms. The average Bonchev–Trinajstić information content (AvgIpc) is 2.63. The van der Waals surface area contributed by atoms with Crippen molar-refractivity contribution in [2.75, 3.05) is 13.6 Å². The maximum Gasteiger partial charge on any atom is 0.323 e. The Morgan fingerprint density at radius 1 is 1.19 bits per heavy atom. The molecule has 0 atom stereocenters. The molecule has 4 nitrogen and oxygen atoms in total. The molecule has 1 aromatic heterocycles. The number of fused-ring (bicyclic) bond motifs is 1. The first-order chi connectivity index (χ1) is 12.8. The number of aryl methyl sites for hydroxylation is 1. The number of benzene rings is 2. The zero-order valence-electron chi connectivity index (χ0n) is 14.7. The number of carboxylic acid groups (broad SMARTS) is 1. The molecule has 1 N–H and O–H groups in total. The van der Waals surface area contributed by atoms with Crippen molar-refractivity contribution in [3.63, 3.8) is 0 Å². The highest BCUT2D eigenvalue weighted by Crippen LogP contribution is 2.34. The second-order valence-corrected chi connectivity index (χ2v) is 7.41. The molecule has 0 radical (unpaired) electrons. The number of nitrogens with zero attached hydrogens (tertiary/aromatic N) is 2. The van der Waals surface area contributed by atoms with Gasteiger partial charge in [-0.1, -0.05) is 71.3 Å². The Kier molecular flexibility index (Phi) is 5.65. The molecule has 0 unspecified atom stereocenters. The third-order valence-electron chi connectivity index (χ3n) is 4.17. The van der Waals surface area contributed by atoms with Crippen molar-refractivity contribution in [1.82, 2.24) is 9.88 Å². The van der Waals surface area contributed by atoms with E-state index in [0.717, 1.165) is 16.5 Å². The molecule has 3 rings (SSSR count). The highest BCUT2D eigenvalue weighted by molar-refractivity contribution is 7.80. The van der Waals surface area contributed by atoms with E-state index < -0.39 is 5.97 Å². The molecule has 2 aromatic carbocycles. The minimum Gasteiger partial charge on any atom is -0.480 e. The SMILES string of the molecule is Cc1ccc(-c2cc(C(=S)N(C)CC(=O)O)c3ccc(Cl)c(Cl)c3n2)cc1. The van der Waals surface area contributed by atoms with Crippen molar-refractivity contribution in [2.24, 2.45) is 0 Å². The monoisotopic (exact) mass is 418 g/mol. The third kappa shape index (κ3) is 4.05. The van der Waals surface area contributed by atoms with E-state index in [9.17, 15) is 4.79 Å². The Labute approximate surface area is 172 Å². The summed E-state index contributed by atoms with van der Waals surface area (Å²) >= 11 is 18.1. The predicted molar refractivity (Wildman–Crippen MR) is 114 cm³/mol. The van der Waals surface area contributed by atoms with Gasteiger partial charge in [-0.15, -0.1) is 0 Å². The van der Waals surface area contributed by atoms with E-state index in [-0.39, 0.29) is 6.54 Å². The van der Waals surface area contributed by atoms with Crippen LogP contribution in [0.2, 0.25) is 10.0 Å². The van der Waals surface area contributed by atoms with Crippen LogP contribution >= 0.6 is 35.4 Å². The smallest absolute Gasteiger partial charge is 0.323 e. The third-order valence-corrected chi connectivity index (χ3v) is 5.50. The second-order valence-electron chi connectivity index (χ2n) is 6.23. The van der Waals surface area contributed by atoms with Crippen LogP contribution in [0.1, 0.15) is 11.1 Å². The number of carboxylic acids is 1. The molecule has 0 saturated heterocycles. The van der Waals surface area contributed by atoms with Crippen molar-refractivity contribution in [2.45, 2.75) is 6.92 Å². The van der Waals surface area contributed by atoms with Gasteiger partial charge in [-0.3, -0.25) is 4.79 Å². The first-order valence-corrected chi connectivity index (χ1v) is 9.27. The lowest BCUT2D eigenvalue weighted by molar-refractivity contribution is -0.137. The number of pyridine rings is 1. The fourth-order valence-corrected chi connectivity index (χ4v) is 3.36. The van der Waals surface area contributed by atoms with Gasteiger partial charge in [0, 0.05) is 23.6 Å². The van der Waals surface area contributed by atoms with E-state index in [0.29, 0.717) is 31.8 Å². The fourth-order valence-electron chi connectivity index (χ4n) is 2.76. The van der Waals surface area contributed by atoms with Crippen LogP contribution < -0.4 is 0 Å². The van der Waals surface area contributed by atoms with Crippen LogP contribution in [0, 0.1) is 6.92 Å². The zero-order chi connectivity index (χ0) is 19.7. The first kappa shape index (κ1) is 19.5. The van der Waals surface area contributed by atoms with Gasteiger partial charge >= 0.3 is 5.97 Å². The van der Waals surface area contributed by atoms with Crippen LogP contribution in [0.25, 0.3) is 22.2 Å². The molecule has 3 aromatic rings. The molecule has 0 aliphatic rings. The Morgan fingerprint density at radius 3 is 2.48 bits per heavy atom. The topological polar surface area (TPSA) is 53.4 Å². The molecular weight excluding hydrogens is 403 g/mol. The highest BCUT2D eigenvalue weighted by atomic mass is 35.5. The fraction of sp³-hybridized carbons (Fsp3) is 0.150. The number of aromatic nitrogens is 1. The van der Waals surface area contributed by atoms with Crippen molar-refractivity contribution >= 4 is 57.3 Å². The number of aliphatic carboxylic acids is 1. The van der Waals surface area contributed by atoms with Crippen LogP contribution in [0.5, 0.6) is 0 Å². The van der Waals surface area contributed by atoms with Gasteiger partial charge in [0.05, 0.1) is 21.3 Å². The summed E-state index contributed by atoms with van der Waals surface area (Å²) in [7, 11) is 1.64. The Balaban J connectivity index is 2.24. The van der Waals surface area contributed by atoms with Gasteiger partial charge in [-0.2, -0.15) is 0 Å². The van der Waals surface area contributed by atoms with E-state index in [1.165, 1.54) is 4.90 Å². The van der Waals surface area contributed by atoms with Gasteiger partial charge in [0.2, 0.25) is 0 Å². The van der Waals surface area contributed by atoms with Crippen molar-refractivity contribution < 1.29 is 9.90 Å². The summed E-state index contributed by atoms with van der Waals surface area (Å²) in [6.07, 6.45) is 0. The Morgan fingerprint density at radius 2 is 1.85 bits per heavy atom. The molecule has 0 amide bonds. The summed E-state index contributed by atoms with van der Waals surface area (Å²) in [6, 6.07) is 13.3. The van der Waals surface area contributed by atoms with E-state index in [4.69, 9.17) is 40.5 Å². The second kappa shape index (κ2) is 7.80. The summed E-state index contributed by atoms with van der Waals surface area (Å²) in [5.74, 6) is -0.960. The largest absolute Gasteiger partial charge is 0.480 e. The van der Waals surface area contributed by atoms with Crippen molar-refractivity contribution in [3.8, 4) is 11.3 Å². The van der Waals surface area contributed by atoms with Gasteiger partial charge in [0.15, 0.2) is 0 Å². The summed E-state index contributed by atoms with van der Waals surface area (Å²) < 4.78 is 0. The minimum atomic E-state index is -0.960. The van der Waals surface area contributed by atoms with Crippen LogP contribution in [-0.4, -0.2) is 39.5 Å². The number of thiocarbonyl (C=S) groups is 1. The molecule has 0 spiro atoms.